The summed E-state index contributed by atoms with van der Waals surface area (Å²) in [5.74, 6) is -0.661. The highest BCUT2D eigenvalue weighted by Gasteiger charge is 2.30. The molecule has 0 spiro atoms. The van der Waals surface area contributed by atoms with Gasteiger partial charge in [-0.3, -0.25) is 9.59 Å². The smallest absolute Gasteiger partial charge is 0.326 e. The van der Waals surface area contributed by atoms with Crippen LogP contribution < -0.4 is 10.0 Å². The van der Waals surface area contributed by atoms with Crippen molar-refractivity contribution in [3.8, 4) is 0 Å². The molecule has 6 nitrogen and oxygen atoms in total. The van der Waals surface area contributed by atoms with Crippen LogP contribution in [-0.2, 0) is 14.8 Å². The average molecular weight is 493 g/mol. The standard InChI is InChI=1S/C18H16BrF3N2O4S/c19-13-3-1-12(2-4-13)16(25)9-10-17(26)24-14-5-7-15(8-6-14)29(27,28)23-11-18(20,21)22/h1-8,23H,9-11H2,(H,24,26). The number of alkyl halides is 3. The summed E-state index contributed by atoms with van der Waals surface area (Å²) >= 11 is 3.26. The van der Waals surface area contributed by atoms with Crippen LogP contribution >= 0.6 is 15.9 Å². The Morgan fingerprint density at radius 2 is 1.52 bits per heavy atom. The Labute approximate surface area is 173 Å². The maximum Gasteiger partial charge on any atom is 0.402 e. The van der Waals surface area contributed by atoms with Gasteiger partial charge in [0, 0.05) is 28.6 Å². The van der Waals surface area contributed by atoms with Gasteiger partial charge in [0.2, 0.25) is 15.9 Å². The van der Waals surface area contributed by atoms with Gasteiger partial charge in [0.15, 0.2) is 5.78 Å². The molecule has 156 valence electrons. The Balaban J connectivity index is 1.89. The molecule has 0 heterocycles. The van der Waals surface area contributed by atoms with E-state index < -0.39 is 28.7 Å². The normalized spacial score (nSPS) is 11.9. The van der Waals surface area contributed by atoms with E-state index >= 15 is 0 Å². The van der Waals surface area contributed by atoms with E-state index in [0.29, 0.717) is 5.56 Å². The Hall–Kier alpha value is -2.24. The van der Waals surface area contributed by atoms with Crippen LogP contribution in [0.5, 0.6) is 0 Å². The lowest BCUT2D eigenvalue weighted by Gasteiger charge is -2.10. The second-order valence-electron chi connectivity index (χ2n) is 5.94. The number of rotatable bonds is 8. The number of hydrogen-bond acceptors (Lipinski definition) is 4. The molecule has 2 aromatic rings. The third kappa shape index (κ3) is 7.59. The van der Waals surface area contributed by atoms with Gasteiger partial charge in [0.25, 0.3) is 0 Å². The van der Waals surface area contributed by atoms with Crippen molar-refractivity contribution in [1.82, 2.24) is 4.72 Å². The second kappa shape index (κ2) is 9.51. The van der Waals surface area contributed by atoms with E-state index in [0.717, 1.165) is 16.6 Å². The van der Waals surface area contributed by atoms with Crippen molar-refractivity contribution in [2.24, 2.45) is 0 Å². The third-order valence-corrected chi connectivity index (χ3v) is 5.60. The first-order chi connectivity index (χ1) is 13.5. The SMILES string of the molecule is O=C(CCC(=O)c1ccc(Br)cc1)Nc1ccc(S(=O)(=O)NCC(F)(F)F)cc1. The summed E-state index contributed by atoms with van der Waals surface area (Å²) < 4.78 is 62.4. The zero-order valence-corrected chi connectivity index (χ0v) is 17.2. The number of amides is 1. The largest absolute Gasteiger partial charge is 0.402 e. The highest BCUT2D eigenvalue weighted by molar-refractivity contribution is 9.10. The van der Waals surface area contributed by atoms with E-state index in [2.05, 4.69) is 21.2 Å². The summed E-state index contributed by atoms with van der Waals surface area (Å²) in [7, 11) is -4.32. The van der Waals surface area contributed by atoms with E-state index in [-0.39, 0.29) is 29.2 Å². The minimum atomic E-state index is -4.67. The van der Waals surface area contributed by atoms with E-state index in [9.17, 15) is 31.2 Å². The monoisotopic (exact) mass is 492 g/mol. The molecule has 0 aliphatic rings. The fourth-order valence-electron chi connectivity index (χ4n) is 2.21. The van der Waals surface area contributed by atoms with Crippen LogP contribution in [0.15, 0.2) is 57.9 Å². The van der Waals surface area contributed by atoms with Crippen molar-refractivity contribution < 1.29 is 31.2 Å². The van der Waals surface area contributed by atoms with E-state index in [1.165, 1.54) is 16.9 Å². The van der Waals surface area contributed by atoms with Crippen molar-refractivity contribution in [1.29, 1.82) is 0 Å². The highest BCUT2D eigenvalue weighted by atomic mass is 79.9. The maximum atomic E-state index is 12.2. The average Bonchev–Trinajstić information content (AvgIpc) is 2.65. The minimum absolute atomic E-state index is 0.0126. The third-order valence-electron chi connectivity index (χ3n) is 3.66. The van der Waals surface area contributed by atoms with Crippen molar-refractivity contribution in [3.63, 3.8) is 0 Å². The predicted octanol–water partition coefficient (Wildman–Crippen LogP) is 3.89. The number of halogens is 4. The first-order valence-corrected chi connectivity index (χ1v) is 10.5. The Morgan fingerprint density at radius 1 is 0.931 bits per heavy atom. The number of Topliss-reactive ketones (excluding diaryl/α,β-unsaturated/α-hetero) is 1. The molecule has 0 aliphatic heterocycles. The van der Waals surface area contributed by atoms with Crippen molar-refractivity contribution in [3.05, 3.63) is 58.6 Å². The first kappa shape index (κ1) is 23.0. The Bertz CT molecular complexity index is 976. The number of hydrogen-bond donors (Lipinski definition) is 2. The van der Waals surface area contributed by atoms with Gasteiger partial charge >= 0.3 is 6.18 Å². The van der Waals surface area contributed by atoms with Gasteiger partial charge in [0.1, 0.15) is 6.54 Å². The molecular formula is C18H16BrF3N2O4S. The number of nitrogens with one attached hydrogen (secondary N) is 2. The van der Waals surface area contributed by atoms with E-state index in [1.54, 1.807) is 24.3 Å². The number of benzene rings is 2. The molecule has 0 aromatic heterocycles. The summed E-state index contributed by atoms with van der Waals surface area (Å²) in [6.45, 7) is -1.68. The van der Waals surface area contributed by atoms with Crippen LogP contribution in [0.3, 0.4) is 0 Å². The molecule has 2 N–H and O–H groups in total. The minimum Gasteiger partial charge on any atom is -0.326 e. The number of anilines is 1. The van der Waals surface area contributed by atoms with Crippen molar-refractivity contribution in [2.45, 2.75) is 23.9 Å². The molecule has 0 saturated carbocycles. The molecule has 0 saturated heterocycles. The van der Waals surface area contributed by atoms with E-state index in [1.807, 2.05) is 0 Å². The molecule has 0 unspecified atom stereocenters. The summed E-state index contributed by atoms with van der Waals surface area (Å²) in [5.41, 5.74) is 0.725. The summed E-state index contributed by atoms with van der Waals surface area (Å²) in [5, 5.41) is 2.50. The zero-order chi connectivity index (χ0) is 21.7. The number of sulfonamides is 1. The lowest BCUT2D eigenvalue weighted by Crippen LogP contribution is -2.33. The quantitative estimate of drug-likeness (QED) is 0.546. The van der Waals surface area contributed by atoms with Crippen LogP contribution in [0.1, 0.15) is 23.2 Å². The van der Waals surface area contributed by atoms with E-state index in [4.69, 9.17) is 0 Å². The molecule has 2 rings (SSSR count). The summed E-state index contributed by atoms with van der Waals surface area (Å²) in [4.78, 5) is 23.7. The molecule has 0 aliphatic carbocycles. The summed E-state index contributed by atoms with van der Waals surface area (Å²) in [6, 6.07) is 11.3. The highest BCUT2D eigenvalue weighted by Crippen LogP contribution is 2.18. The fourth-order valence-corrected chi connectivity index (χ4v) is 3.49. The van der Waals surface area contributed by atoms with Crippen LogP contribution in [-0.4, -0.2) is 32.8 Å². The zero-order valence-electron chi connectivity index (χ0n) is 14.8. The molecule has 2 aromatic carbocycles. The topological polar surface area (TPSA) is 92.3 Å². The number of carbonyl (C=O) groups excluding carboxylic acids is 2. The molecule has 1 amide bonds. The first-order valence-electron chi connectivity index (χ1n) is 8.21. The summed E-state index contributed by atoms with van der Waals surface area (Å²) in [6.07, 6.45) is -4.77. The maximum absolute atomic E-state index is 12.2. The number of carbonyl (C=O) groups is 2. The van der Waals surface area contributed by atoms with Crippen molar-refractivity contribution >= 4 is 43.3 Å². The molecule has 0 radical (unpaired) electrons. The fraction of sp³-hybridized carbons (Fsp3) is 0.222. The molecule has 0 atom stereocenters. The molecule has 0 bridgehead atoms. The van der Waals surface area contributed by atoms with Crippen LogP contribution in [0.2, 0.25) is 0 Å². The van der Waals surface area contributed by atoms with Gasteiger partial charge in [-0.15, -0.1) is 0 Å². The van der Waals surface area contributed by atoms with Crippen LogP contribution in [0.25, 0.3) is 0 Å². The Morgan fingerprint density at radius 3 is 2.07 bits per heavy atom. The van der Waals surface area contributed by atoms with Gasteiger partial charge in [-0.25, -0.2) is 13.1 Å². The molecule has 0 fully saturated rings. The lowest BCUT2D eigenvalue weighted by atomic mass is 10.1. The lowest BCUT2D eigenvalue weighted by molar-refractivity contribution is -0.121. The Kier molecular flexibility index (Phi) is 7.55. The van der Waals surface area contributed by atoms with Gasteiger partial charge < -0.3 is 5.32 Å². The number of ketones is 1. The molecule has 11 heteroatoms. The predicted molar refractivity (Wildman–Crippen MR) is 104 cm³/mol. The van der Waals surface area contributed by atoms with Crippen molar-refractivity contribution in [2.75, 3.05) is 11.9 Å². The van der Waals surface area contributed by atoms with Crippen LogP contribution in [0, 0.1) is 0 Å². The molecular weight excluding hydrogens is 477 g/mol. The van der Waals surface area contributed by atoms with Gasteiger partial charge in [-0.05, 0) is 36.4 Å². The second-order valence-corrected chi connectivity index (χ2v) is 8.62. The van der Waals surface area contributed by atoms with Gasteiger partial charge in [-0.2, -0.15) is 13.2 Å². The molecule has 29 heavy (non-hydrogen) atoms. The van der Waals surface area contributed by atoms with Crippen LogP contribution in [0.4, 0.5) is 18.9 Å². The van der Waals surface area contributed by atoms with Gasteiger partial charge in [0.05, 0.1) is 4.90 Å². The van der Waals surface area contributed by atoms with Gasteiger partial charge in [-0.1, -0.05) is 28.1 Å².